The summed E-state index contributed by atoms with van der Waals surface area (Å²) in [5.74, 6) is 0. The van der Waals surface area contributed by atoms with Crippen molar-refractivity contribution in [3.05, 3.63) is 58.2 Å². The Kier molecular flexibility index (Phi) is 4.76. The lowest BCUT2D eigenvalue weighted by Gasteiger charge is -2.20. The number of thiophene rings is 1. The Bertz CT molecular complexity index is 859. The number of anilines is 1. The molecule has 0 fully saturated rings. The molecule has 0 amide bonds. The maximum Gasteiger partial charge on any atom is 0.359 e. The van der Waals surface area contributed by atoms with Gasteiger partial charge in [-0.15, -0.1) is 22.7 Å². The van der Waals surface area contributed by atoms with Crippen molar-refractivity contribution in [2.75, 3.05) is 10.8 Å². The van der Waals surface area contributed by atoms with Crippen LogP contribution in [0.4, 0.5) is 5.69 Å². The molecule has 5 nitrogen and oxygen atoms in total. The van der Waals surface area contributed by atoms with Crippen LogP contribution in [0.25, 0.3) is 10.6 Å². The summed E-state index contributed by atoms with van der Waals surface area (Å²) in [4.78, 5) is 5.61. The van der Waals surface area contributed by atoms with Crippen LogP contribution in [0.3, 0.4) is 0 Å². The van der Waals surface area contributed by atoms with Crippen molar-refractivity contribution in [1.29, 1.82) is 0 Å². The second kappa shape index (κ2) is 6.79. The van der Waals surface area contributed by atoms with Crippen LogP contribution in [0.15, 0.2) is 53.2 Å². The highest BCUT2D eigenvalue weighted by molar-refractivity contribution is 7.87. The van der Waals surface area contributed by atoms with Crippen LogP contribution in [0.5, 0.6) is 0 Å². The zero-order valence-electron chi connectivity index (χ0n) is 12.0. The van der Waals surface area contributed by atoms with Gasteiger partial charge in [-0.1, -0.05) is 24.3 Å². The van der Waals surface area contributed by atoms with Gasteiger partial charge in [0.15, 0.2) is 0 Å². The number of aromatic nitrogens is 1. The Hall–Kier alpha value is -1.74. The van der Waals surface area contributed by atoms with E-state index in [1.807, 2.05) is 22.9 Å². The minimum atomic E-state index is -4.31. The molecule has 0 saturated carbocycles. The number of rotatable bonds is 6. The van der Waals surface area contributed by atoms with Crippen LogP contribution in [-0.2, 0) is 16.7 Å². The zero-order valence-corrected chi connectivity index (χ0v) is 14.4. The molecule has 0 bridgehead atoms. The molecule has 23 heavy (non-hydrogen) atoms. The van der Waals surface area contributed by atoms with Crippen molar-refractivity contribution in [3.63, 3.8) is 0 Å². The van der Waals surface area contributed by atoms with E-state index in [4.69, 9.17) is 0 Å². The first kappa shape index (κ1) is 16.1. The first-order chi connectivity index (χ1) is 11.0. The second-order valence-corrected chi connectivity index (χ2v) is 7.97. The molecular weight excluding hydrogens is 352 g/mol. The van der Waals surface area contributed by atoms with Crippen LogP contribution >= 0.6 is 22.7 Å². The van der Waals surface area contributed by atoms with Crippen LogP contribution in [0.1, 0.15) is 5.01 Å². The predicted molar refractivity (Wildman–Crippen MR) is 94.5 cm³/mol. The van der Waals surface area contributed by atoms with E-state index in [0.29, 0.717) is 12.1 Å². The zero-order chi connectivity index (χ0) is 16.3. The summed E-state index contributed by atoms with van der Waals surface area (Å²) in [6, 6.07) is 12.5. The number of hydrogen-bond acceptors (Lipinski definition) is 5. The van der Waals surface area contributed by atoms with Crippen molar-refractivity contribution in [3.8, 4) is 10.6 Å². The van der Waals surface area contributed by atoms with Gasteiger partial charge in [0, 0.05) is 18.3 Å². The van der Waals surface area contributed by atoms with E-state index in [0.717, 1.165) is 19.9 Å². The van der Waals surface area contributed by atoms with Gasteiger partial charge < -0.3 is 0 Å². The van der Waals surface area contributed by atoms with Gasteiger partial charge >= 0.3 is 10.3 Å². The van der Waals surface area contributed by atoms with Crippen molar-refractivity contribution >= 4 is 38.7 Å². The predicted octanol–water partition coefficient (Wildman–Crippen LogP) is 3.72. The quantitative estimate of drug-likeness (QED) is 0.675. The lowest BCUT2D eigenvalue weighted by atomic mass is 10.3. The van der Waals surface area contributed by atoms with Gasteiger partial charge in [0.05, 0.1) is 21.3 Å². The number of thiazole rings is 1. The standard InChI is InChI=1S/C15H14N2O3S3/c18-23(19,20)17(12-5-2-1-3-6-12)9-8-15-16-13(11-22-15)14-7-4-10-21-14/h1-7,10-11H,8-9H2,(H,18,19,20). The molecule has 8 heteroatoms. The molecule has 1 N–H and O–H groups in total. The molecule has 0 spiro atoms. The Balaban J connectivity index is 1.75. The minimum absolute atomic E-state index is 0.139. The fraction of sp³-hybridized carbons (Fsp3) is 0.133. The van der Waals surface area contributed by atoms with E-state index in [1.54, 1.807) is 41.7 Å². The van der Waals surface area contributed by atoms with Crippen LogP contribution in [0, 0.1) is 0 Å². The van der Waals surface area contributed by atoms with Crippen LogP contribution in [-0.4, -0.2) is 24.5 Å². The first-order valence-corrected chi connectivity index (χ1v) is 9.98. The summed E-state index contributed by atoms with van der Waals surface area (Å²) in [5, 5.41) is 4.78. The van der Waals surface area contributed by atoms with E-state index in [1.165, 1.54) is 11.3 Å². The summed E-state index contributed by atoms with van der Waals surface area (Å²) in [6.07, 6.45) is 0.435. The van der Waals surface area contributed by atoms with E-state index >= 15 is 0 Å². The highest BCUT2D eigenvalue weighted by Crippen LogP contribution is 2.26. The lowest BCUT2D eigenvalue weighted by molar-refractivity contribution is 0.478. The Morgan fingerprint density at radius 2 is 1.87 bits per heavy atom. The normalized spacial score (nSPS) is 11.5. The van der Waals surface area contributed by atoms with Gasteiger partial charge in [-0.05, 0) is 23.6 Å². The van der Waals surface area contributed by atoms with E-state index in [9.17, 15) is 13.0 Å². The van der Waals surface area contributed by atoms with Gasteiger partial charge in [-0.25, -0.2) is 9.29 Å². The van der Waals surface area contributed by atoms with E-state index in [-0.39, 0.29) is 6.54 Å². The first-order valence-electron chi connectivity index (χ1n) is 6.82. The Morgan fingerprint density at radius 1 is 1.09 bits per heavy atom. The van der Waals surface area contributed by atoms with Crippen LogP contribution < -0.4 is 4.31 Å². The molecule has 120 valence electrons. The lowest BCUT2D eigenvalue weighted by Crippen LogP contribution is -2.32. The Labute approximate surface area is 142 Å². The van der Waals surface area contributed by atoms with Crippen LogP contribution in [0.2, 0.25) is 0 Å². The molecule has 1 aromatic carbocycles. The highest BCUT2D eigenvalue weighted by atomic mass is 32.2. The van der Waals surface area contributed by atoms with Crippen molar-refractivity contribution in [2.24, 2.45) is 0 Å². The monoisotopic (exact) mass is 366 g/mol. The molecule has 0 aliphatic rings. The molecule has 0 saturated heterocycles. The largest absolute Gasteiger partial charge is 0.359 e. The van der Waals surface area contributed by atoms with E-state index in [2.05, 4.69) is 4.98 Å². The molecule has 0 aliphatic carbocycles. The molecule has 0 atom stereocenters. The fourth-order valence-corrected chi connectivity index (χ4v) is 4.39. The van der Waals surface area contributed by atoms with Crippen molar-refractivity contribution in [1.82, 2.24) is 4.98 Å². The molecule has 0 unspecified atom stereocenters. The minimum Gasteiger partial charge on any atom is -0.269 e. The summed E-state index contributed by atoms with van der Waals surface area (Å²) >= 11 is 3.10. The molecule has 0 aliphatic heterocycles. The maximum atomic E-state index is 11.6. The SMILES string of the molecule is O=S(=O)(O)N(CCc1nc(-c2cccs2)cs1)c1ccccc1. The fourth-order valence-electron chi connectivity index (χ4n) is 2.13. The Morgan fingerprint density at radius 3 is 2.52 bits per heavy atom. The average molecular weight is 366 g/mol. The van der Waals surface area contributed by atoms with Gasteiger partial charge in [0.1, 0.15) is 0 Å². The third-order valence-corrected chi connectivity index (χ3v) is 5.93. The third-order valence-electron chi connectivity index (χ3n) is 3.18. The number of hydrogen-bond donors (Lipinski definition) is 1. The average Bonchev–Trinajstić information content (AvgIpc) is 3.18. The molecule has 0 radical (unpaired) electrons. The molecule has 2 heterocycles. The second-order valence-electron chi connectivity index (χ2n) is 4.74. The van der Waals surface area contributed by atoms with Gasteiger partial charge in [-0.2, -0.15) is 8.42 Å². The summed E-state index contributed by atoms with van der Waals surface area (Å²) in [6.45, 7) is 0.139. The van der Waals surface area contributed by atoms with Gasteiger partial charge in [0.25, 0.3) is 0 Å². The maximum absolute atomic E-state index is 11.6. The third kappa shape index (κ3) is 3.97. The molecule has 2 aromatic heterocycles. The smallest absolute Gasteiger partial charge is 0.269 e. The number of nitrogens with zero attached hydrogens (tertiary/aromatic N) is 2. The van der Waals surface area contributed by atoms with Crippen molar-refractivity contribution in [2.45, 2.75) is 6.42 Å². The topological polar surface area (TPSA) is 70.5 Å². The van der Waals surface area contributed by atoms with Crippen molar-refractivity contribution < 1.29 is 13.0 Å². The van der Waals surface area contributed by atoms with Gasteiger partial charge in [0.2, 0.25) is 0 Å². The molecule has 3 rings (SSSR count). The van der Waals surface area contributed by atoms with Gasteiger partial charge in [-0.3, -0.25) is 4.55 Å². The highest BCUT2D eigenvalue weighted by Gasteiger charge is 2.19. The molecule has 3 aromatic rings. The van der Waals surface area contributed by atoms with E-state index < -0.39 is 10.3 Å². The molecular formula is C15H14N2O3S3. The number of para-hydroxylation sites is 1. The summed E-state index contributed by atoms with van der Waals surface area (Å²) in [5.41, 5.74) is 1.34. The number of benzene rings is 1. The summed E-state index contributed by atoms with van der Waals surface area (Å²) < 4.78 is 33.7. The summed E-state index contributed by atoms with van der Waals surface area (Å²) in [7, 11) is -4.31.